The summed E-state index contributed by atoms with van der Waals surface area (Å²) in [4.78, 5) is 29.6. The summed E-state index contributed by atoms with van der Waals surface area (Å²) in [6, 6.07) is 41.2. The van der Waals surface area contributed by atoms with Crippen molar-refractivity contribution in [2.45, 2.75) is 121 Å². The summed E-state index contributed by atoms with van der Waals surface area (Å²) < 4.78 is 7.13. The zero-order valence-corrected chi connectivity index (χ0v) is 33.4. The topological polar surface area (TPSA) is 46.6 Å². The predicted octanol–water partition coefficient (Wildman–Crippen LogP) is 11.4. The van der Waals surface area contributed by atoms with E-state index in [-0.39, 0.29) is 30.0 Å². The van der Waals surface area contributed by atoms with Gasteiger partial charge in [-0.2, -0.15) is 0 Å². The normalized spacial score (nSPS) is 15.6. The highest BCUT2D eigenvalue weighted by atomic mass is 28.3. The van der Waals surface area contributed by atoms with Crippen molar-refractivity contribution in [1.29, 1.82) is 0 Å². The maximum absolute atomic E-state index is 14.4. The van der Waals surface area contributed by atoms with Crippen LogP contribution in [0.3, 0.4) is 0 Å². The first-order valence-electron chi connectivity index (χ1n) is 20.3. The molecule has 5 rings (SSSR count). The molecule has 0 bridgehead atoms. The van der Waals surface area contributed by atoms with E-state index in [1.54, 1.807) is 4.90 Å². The van der Waals surface area contributed by atoms with Crippen LogP contribution in [0.1, 0.15) is 107 Å². The third-order valence-corrected chi connectivity index (χ3v) is 15.4. The van der Waals surface area contributed by atoms with E-state index >= 15 is 0 Å². The highest BCUT2D eigenvalue weighted by Crippen LogP contribution is 2.41. The van der Waals surface area contributed by atoms with Gasteiger partial charge in [-0.1, -0.05) is 210 Å². The fourth-order valence-electron chi connectivity index (χ4n) is 8.00. The van der Waals surface area contributed by atoms with Crippen molar-refractivity contribution >= 4 is 25.1 Å². The number of hydrogen-bond acceptors (Lipinski definition) is 3. The van der Waals surface area contributed by atoms with Crippen LogP contribution in [0, 0.1) is 0 Å². The van der Waals surface area contributed by atoms with Crippen LogP contribution in [0.15, 0.2) is 133 Å². The number of hydrogen-bond donors (Lipinski definition) is 0. The number of imide groups is 1. The van der Waals surface area contributed by atoms with Crippen LogP contribution in [-0.2, 0) is 19.9 Å². The Bertz CT molecular complexity index is 1590. The number of allylic oxidation sites excluding steroid dienone is 2. The number of benzene rings is 4. The molecule has 280 valence electrons. The van der Waals surface area contributed by atoms with Crippen molar-refractivity contribution in [2.75, 3.05) is 6.61 Å². The molecule has 0 spiro atoms. The Kier molecular flexibility index (Phi) is 15.5. The number of amides is 2. The molecule has 53 heavy (non-hydrogen) atoms. The Labute approximate surface area is 320 Å². The molecule has 0 saturated carbocycles. The van der Waals surface area contributed by atoms with E-state index < -0.39 is 13.7 Å². The zero-order chi connectivity index (χ0) is 37.4. The summed E-state index contributed by atoms with van der Waals surface area (Å²) in [5.41, 5.74) is 2.18. The predicted molar refractivity (Wildman–Crippen MR) is 223 cm³/mol. The van der Waals surface area contributed by atoms with Crippen LogP contribution in [0.4, 0.5) is 0 Å². The molecule has 5 heteroatoms. The number of likely N-dealkylation sites (tertiary alicyclic amines) is 1. The van der Waals surface area contributed by atoms with E-state index in [4.69, 9.17) is 4.74 Å². The standard InChI is InChI=1S/C48H61NO3Si/c1-4-5-6-7-8-9-10-11-12-13-24-35-45(53(2,3)44-33-25-17-26-34-44)38-47(51)49-43(36-37-46(49)50)39-52-48(40-27-18-14-19-28-40,41-29-20-15-21-30-41)42-31-22-16-23-32-42/h14-35,43,45H,4-13,36-39H2,1-3H3/b35-24+/t43-,45-/m0/s1. The lowest BCUT2D eigenvalue weighted by Gasteiger charge is -2.38. The highest BCUT2D eigenvalue weighted by Gasteiger charge is 2.43. The van der Waals surface area contributed by atoms with E-state index in [0.717, 1.165) is 23.1 Å². The summed E-state index contributed by atoms with van der Waals surface area (Å²) in [7, 11) is -2.12. The van der Waals surface area contributed by atoms with Crippen molar-refractivity contribution in [3.63, 3.8) is 0 Å². The molecule has 0 aromatic heterocycles. The average Bonchev–Trinajstić information content (AvgIpc) is 3.58. The lowest BCUT2D eigenvalue weighted by Crippen LogP contribution is -2.49. The number of unbranched alkanes of at least 4 members (excludes halogenated alkanes) is 9. The lowest BCUT2D eigenvalue weighted by molar-refractivity contribution is -0.145. The van der Waals surface area contributed by atoms with Gasteiger partial charge in [0.1, 0.15) is 5.60 Å². The molecule has 1 aliphatic rings. The Morgan fingerprint density at radius 2 is 1.21 bits per heavy atom. The monoisotopic (exact) mass is 727 g/mol. The van der Waals surface area contributed by atoms with Crippen LogP contribution in [0.2, 0.25) is 18.6 Å². The number of nitrogens with zero attached hydrogens (tertiary/aromatic N) is 1. The van der Waals surface area contributed by atoms with Crippen molar-refractivity contribution in [2.24, 2.45) is 0 Å². The molecule has 2 atom stereocenters. The third kappa shape index (κ3) is 10.5. The smallest absolute Gasteiger partial charge is 0.229 e. The van der Waals surface area contributed by atoms with Crippen LogP contribution in [-0.4, -0.2) is 37.4 Å². The second-order valence-corrected chi connectivity index (χ2v) is 20.1. The Hall–Kier alpha value is -4.06. The van der Waals surface area contributed by atoms with Gasteiger partial charge in [0.2, 0.25) is 11.8 Å². The number of carbonyl (C=O) groups is 2. The minimum atomic E-state index is -2.12. The average molecular weight is 728 g/mol. The summed E-state index contributed by atoms with van der Waals surface area (Å²) >= 11 is 0. The molecule has 4 nitrogen and oxygen atoms in total. The van der Waals surface area contributed by atoms with Crippen molar-refractivity contribution in [3.8, 4) is 0 Å². The quantitative estimate of drug-likeness (QED) is 0.0372. The molecule has 4 aromatic carbocycles. The largest absolute Gasteiger partial charge is 0.359 e. The van der Waals surface area contributed by atoms with Gasteiger partial charge in [-0.15, -0.1) is 0 Å². The second-order valence-electron chi connectivity index (χ2n) is 15.4. The summed E-state index contributed by atoms with van der Waals surface area (Å²) in [6.45, 7) is 7.24. The second kappa shape index (κ2) is 20.4. The van der Waals surface area contributed by atoms with Gasteiger partial charge in [-0.25, -0.2) is 0 Å². The van der Waals surface area contributed by atoms with Crippen LogP contribution in [0.25, 0.3) is 0 Å². The van der Waals surface area contributed by atoms with Gasteiger partial charge in [0, 0.05) is 12.8 Å². The molecular weight excluding hydrogens is 667 g/mol. The highest BCUT2D eigenvalue weighted by molar-refractivity contribution is 6.91. The number of rotatable bonds is 21. The zero-order valence-electron chi connectivity index (χ0n) is 32.4. The molecule has 0 radical (unpaired) electrons. The van der Waals surface area contributed by atoms with E-state index in [1.165, 1.54) is 63.0 Å². The van der Waals surface area contributed by atoms with Gasteiger partial charge in [0.05, 0.1) is 20.7 Å². The summed E-state index contributed by atoms with van der Waals surface area (Å²) in [6.07, 6.45) is 18.7. The minimum absolute atomic E-state index is 0.0722. The van der Waals surface area contributed by atoms with Crippen LogP contribution in [0.5, 0.6) is 0 Å². The van der Waals surface area contributed by atoms with Crippen LogP contribution >= 0.6 is 0 Å². The molecule has 4 aromatic rings. The van der Waals surface area contributed by atoms with Crippen molar-refractivity contribution < 1.29 is 14.3 Å². The maximum Gasteiger partial charge on any atom is 0.229 e. The molecule has 0 N–H and O–H groups in total. The maximum atomic E-state index is 14.4. The molecule has 0 unspecified atom stereocenters. The molecule has 2 amide bonds. The molecular formula is C48H61NO3Si. The van der Waals surface area contributed by atoms with Crippen LogP contribution < -0.4 is 5.19 Å². The Balaban J connectivity index is 1.33. The fraction of sp³-hybridized carbons (Fsp3) is 0.417. The number of carbonyl (C=O) groups excluding carboxylic acids is 2. The minimum Gasteiger partial charge on any atom is -0.359 e. The Morgan fingerprint density at radius 1 is 0.736 bits per heavy atom. The van der Waals surface area contributed by atoms with Gasteiger partial charge in [-0.05, 0) is 41.5 Å². The molecule has 0 aliphatic carbocycles. The molecule has 1 saturated heterocycles. The summed E-state index contributed by atoms with van der Waals surface area (Å²) in [5.74, 6) is -0.176. The first-order chi connectivity index (χ1) is 25.9. The van der Waals surface area contributed by atoms with E-state index in [2.05, 4.69) is 98.9 Å². The van der Waals surface area contributed by atoms with Crippen molar-refractivity contribution in [3.05, 3.63) is 150 Å². The van der Waals surface area contributed by atoms with Crippen molar-refractivity contribution in [1.82, 2.24) is 4.90 Å². The molecule has 1 aliphatic heterocycles. The fourth-order valence-corrected chi connectivity index (χ4v) is 10.8. The SMILES string of the molecule is CCCCCCCCCCC/C=C/[C@@H](CC(=O)N1C(=O)CC[C@H]1COC(c1ccccc1)(c1ccccc1)c1ccccc1)[Si](C)(C)c1ccccc1. The molecule has 1 fully saturated rings. The van der Waals surface area contributed by atoms with Gasteiger partial charge in [0.25, 0.3) is 0 Å². The van der Waals surface area contributed by atoms with Gasteiger partial charge < -0.3 is 4.74 Å². The Morgan fingerprint density at radius 3 is 1.72 bits per heavy atom. The first-order valence-corrected chi connectivity index (χ1v) is 23.3. The summed E-state index contributed by atoms with van der Waals surface area (Å²) in [5, 5.41) is 1.33. The first kappa shape index (κ1) is 40.1. The van der Waals surface area contributed by atoms with Gasteiger partial charge >= 0.3 is 0 Å². The van der Waals surface area contributed by atoms with Gasteiger partial charge in [-0.3, -0.25) is 14.5 Å². The van der Waals surface area contributed by atoms with E-state index in [9.17, 15) is 9.59 Å². The van der Waals surface area contributed by atoms with E-state index in [1.807, 2.05) is 54.6 Å². The molecule has 1 heterocycles. The third-order valence-electron chi connectivity index (χ3n) is 11.3. The lowest BCUT2D eigenvalue weighted by atomic mass is 9.80. The number of ether oxygens (including phenoxy) is 1. The van der Waals surface area contributed by atoms with E-state index in [0.29, 0.717) is 19.3 Å². The van der Waals surface area contributed by atoms with Gasteiger partial charge in [0.15, 0.2) is 0 Å².